The lowest BCUT2D eigenvalue weighted by Gasteiger charge is -2.06. The van der Waals surface area contributed by atoms with Crippen LogP contribution in [-0.2, 0) is 4.74 Å². The zero-order chi connectivity index (χ0) is 15.5. The van der Waals surface area contributed by atoms with Crippen molar-refractivity contribution < 1.29 is 14.1 Å². The summed E-state index contributed by atoms with van der Waals surface area (Å²) in [5.74, 6) is 0.581. The van der Waals surface area contributed by atoms with E-state index >= 15 is 0 Å². The van der Waals surface area contributed by atoms with Crippen LogP contribution in [0.25, 0.3) is 11.4 Å². The van der Waals surface area contributed by atoms with Crippen LogP contribution < -0.4 is 0 Å². The summed E-state index contributed by atoms with van der Waals surface area (Å²) in [6.45, 7) is 1.94. The summed E-state index contributed by atoms with van der Waals surface area (Å²) < 4.78 is 11.8. The van der Waals surface area contributed by atoms with Crippen LogP contribution in [-0.4, -0.2) is 32.8 Å². The highest BCUT2D eigenvalue weighted by molar-refractivity contribution is 5.89. The van der Waals surface area contributed by atoms with Crippen LogP contribution in [0.4, 0.5) is 0 Å². The van der Waals surface area contributed by atoms with Crippen molar-refractivity contribution in [2.45, 2.75) is 13.0 Å². The predicted molar refractivity (Wildman–Crippen MR) is 77.1 cm³/mol. The van der Waals surface area contributed by atoms with Crippen LogP contribution in [0, 0.1) is 0 Å². The van der Waals surface area contributed by atoms with Crippen molar-refractivity contribution in [3.63, 3.8) is 0 Å². The highest BCUT2D eigenvalue weighted by atomic mass is 16.5. The third-order valence-electron chi connectivity index (χ3n) is 3.34. The van der Waals surface area contributed by atoms with Gasteiger partial charge in [-0.15, -0.1) is 0 Å². The van der Waals surface area contributed by atoms with Crippen molar-refractivity contribution in [1.29, 1.82) is 0 Å². The Bertz CT molecular complexity index is 762. The quantitative estimate of drug-likeness (QED) is 0.687. The molecule has 2 heterocycles. The molecule has 7 nitrogen and oxygen atoms in total. The van der Waals surface area contributed by atoms with Gasteiger partial charge in [0.2, 0.25) is 11.7 Å². The second-order valence-corrected chi connectivity index (χ2v) is 4.71. The van der Waals surface area contributed by atoms with Crippen LogP contribution in [0.15, 0.2) is 47.5 Å². The Morgan fingerprint density at radius 3 is 2.73 bits per heavy atom. The first-order valence-corrected chi connectivity index (χ1v) is 6.69. The molecule has 0 aliphatic rings. The maximum absolute atomic E-state index is 11.4. The number of esters is 1. The Hall–Kier alpha value is -2.96. The van der Waals surface area contributed by atoms with E-state index < -0.39 is 0 Å². The Morgan fingerprint density at radius 2 is 2.09 bits per heavy atom. The van der Waals surface area contributed by atoms with Gasteiger partial charge in [0.15, 0.2) is 0 Å². The summed E-state index contributed by atoms with van der Waals surface area (Å²) in [5.41, 5.74) is 1.24. The second kappa shape index (κ2) is 5.80. The molecule has 0 fully saturated rings. The Kier molecular flexibility index (Phi) is 3.69. The number of hydrogen-bond donors (Lipinski definition) is 0. The molecule has 0 N–H and O–H groups in total. The molecule has 0 saturated carbocycles. The minimum Gasteiger partial charge on any atom is -0.465 e. The topological polar surface area (TPSA) is 83.0 Å². The lowest BCUT2D eigenvalue weighted by Crippen LogP contribution is -2.04. The fourth-order valence-corrected chi connectivity index (χ4v) is 2.02. The van der Waals surface area contributed by atoms with E-state index in [0.29, 0.717) is 17.3 Å². The normalized spacial score (nSPS) is 12.1. The molecule has 0 aliphatic heterocycles. The molecule has 7 heteroatoms. The monoisotopic (exact) mass is 298 g/mol. The molecule has 0 radical (unpaired) electrons. The Labute approximate surface area is 126 Å². The summed E-state index contributed by atoms with van der Waals surface area (Å²) in [6.07, 6.45) is 5.22. The second-order valence-electron chi connectivity index (χ2n) is 4.71. The molecule has 0 bridgehead atoms. The van der Waals surface area contributed by atoms with Crippen LogP contribution in [0.3, 0.4) is 0 Å². The van der Waals surface area contributed by atoms with Gasteiger partial charge in [0, 0.05) is 18.0 Å². The van der Waals surface area contributed by atoms with Crippen LogP contribution >= 0.6 is 0 Å². The van der Waals surface area contributed by atoms with Gasteiger partial charge in [-0.1, -0.05) is 17.3 Å². The maximum atomic E-state index is 11.4. The van der Waals surface area contributed by atoms with Crippen LogP contribution in [0.1, 0.15) is 29.2 Å². The minimum absolute atomic E-state index is 0.0990. The standard InChI is InChI=1S/C15H14N4O3/c1-10(19-8-7-16-9-19)14-17-13(18-22-14)11-3-5-12(6-4-11)15(20)21-2/h3-10H,1-2H3/t10-/m0/s1. The Balaban J connectivity index is 1.83. The molecule has 0 unspecified atom stereocenters. The number of carbonyl (C=O) groups excluding carboxylic acids is 1. The van der Waals surface area contributed by atoms with E-state index in [0.717, 1.165) is 5.56 Å². The first kappa shape index (κ1) is 14.0. The van der Waals surface area contributed by atoms with E-state index in [1.807, 2.05) is 17.7 Å². The average Bonchev–Trinajstić information content (AvgIpc) is 3.25. The molecule has 3 rings (SSSR count). The number of ether oxygens (including phenoxy) is 1. The number of rotatable bonds is 4. The van der Waals surface area contributed by atoms with Crippen molar-refractivity contribution in [3.05, 3.63) is 54.4 Å². The summed E-state index contributed by atoms with van der Waals surface area (Å²) in [5, 5.41) is 3.98. The Morgan fingerprint density at radius 1 is 1.32 bits per heavy atom. The van der Waals surface area contributed by atoms with Crippen molar-refractivity contribution in [2.24, 2.45) is 0 Å². The molecule has 22 heavy (non-hydrogen) atoms. The molecular weight excluding hydrogens is 284 g/mol. The van der Waals surface area contributed by atoms with Gasteiger partial charge in [0.05, 0.1) is 19.0 Å². The third kappa shape index (κ3) is 2.60. The van der Waals surface area contributed by atoms with Gasteiger partial charge in [-0.25, -0.2) is 9.78 Å². The number of nitrogens with zero attached hydrogens (tertiary/aromatic N) is 4. The van der Waals surface area contributed by atoms with E-state index in [-0.39, 0.29) is 12.0 Å². The van der Waals surface area contributed by atoms with Crippen LogP contribution in [0.2, 0.25) is 0 Å². The SMILES string of the molecule is COC(=O)c1ccc(-c2noc([C@H](C)n3ccnc3)n2)cc1. The predicted octanol–water partition coefficient (Wildman–Crippen LogP) is 2.33. The van der Waals surface area contributed by atoms with E-state index in [1.165, 1.54) is 7.11 Å². The fourth-order valence-electron chi connectivity index (χ4n) is 2.02. The fraction of sp³-hybridized carbons (Fsp3) is 0.200. The summed E-state index contributed by atoms with van der Waals surface area (Å²) >= 11 is 0. The largest absolute Gasteiger partial charge is 0.465 e. The zero-order valence-electron chi connectivity index (χ0n) is 12.1. The minimum atomic E-state index is -0.380. The number of hydrogen-bond acceptors (Lipinski definition) is 6. The average molecular weight is 298 g/mol. The molecule has 1 atom stereocenters. The van der Waals surface area contributed by atoms with E-state index in [2.05, 4.69) is 19.9 Å². The van der Waals surface area contributed by atoms with E-state index in [4.69, 9.17) is 4.52 Å². The summed E-state index contributed by atoms with van der Waals surface area (Å²) in [4.78, 5) is 19.8. The lowest BCUT2D eigenvalue weighted by molar-refractivity contribution is 0.0601. The molecule has 1 aromatic carbocycles. The summed E-state index contributed by atoms with van der Waals surface area (Å²) in [7, 11) is 1.35. The molecular formula is C15H14N4O3. The lowest BCUT2D eigenvalue weighted by atomic mass is 10.1. The molecule has 0 saturated heterocycles. The summed E-state index contributed by atoms with van der Waals surface area (Å²) in [6, 6.07) is 6.73. The number of methoxy groups -OCH3 is 1. The molecule has 2 aromatic heterocycles. The van der Waals surface area contributed by atoms with Gasteiger partial charge >= 0.3 is 5.97 Å². The van der Waals surface area contributed by atoms with Crippen LogP contribution in [0.5, 0.6) is 0 Å². The van der Waals surface area contributed by atoms with Gasteiger partial charge in [-0.3, -0.25) is 0 Å². The first-order chi connectivity index (χ1) is 10.7. The van der Waals surface area contributed by atoms with Crippen molar-refractivity contribution in [2.75, 3.05) is 7.11 Å². The number of imidazole rings is 1. The molecule has 0 spiro atoms. The van der Waals surface area contributed by atoms with Gasteiger partial charge in [0.1, 0.15) is 6.04 Å². The van der Waals surface area contributed by atoms with Crippen molar-refractivity contribution >= 4 is 5.97 Å². The maximum Gasteiger partial charge on any atom is 0.337 e. The van der Waals surface area contributed by atoms with Crippen molar-refractivity contribution in [1.82, 2.24) is 19.7 Å². The van der Waals surface area contributed by atoms with Gasteiger partial charge < -0.3 is 13.8 Å². The van der Waals surface area contributed by atoms with Crippen molar-refractivity contribution in [3.8, 4) is 11.4 Å². The number of carbonyl (C=O) groups is 1. The molecule has 112 valence electrons. The number of aromatic nitrogens is 4. The van der Waals surface area contributed by atoms with E-state index in [1.54, 1.807) is 36.8 Å². The molecule has 0 amide bonds. The number of benzene rings is 1. The van der Waals surface area contributed by atoms with E-state index in [9.17, 15) is 4.79 Å². The smallest absolute Gasteiger partial charge is 0.337 e. The van der Waals surface area contributed by atoms with Gasteiger partial charge in [-0.2, -0.15) is 4.98 Å². The molecule has 0 aliphatic carbocycles. The highest BCUT2D eigenvalue weighted by Gasteiger charge is 2.16. The molecule has 3 aromatic rings. The third-order valence-corrected chi connectivity index (χ3v) is 3.34. The van der Waals surface area contributed by atoms with Gasteiger partial charge in [-0.05, 0) is 19.1 Å². The highest BCUT2D eigenvalue weighted by Crippen LogP contribution is 2.21. The zero-order valence-corrected chi connectivity index (χ0v) is 12.1. The van der Waals surface area contributed by atoms with Gasteiger partial charge in [0.25, 0.3) is 0 Å². The first-order valence-electron chi connectivity index (χ1n) is 6.69.